The second kappa shape index (κ2) is 5.14. The zero-order chi connectivity index (χ0) is 14.0. The Morgan fingerprint density at radius 2 is 1.95 bits per heavy atom. The van der Waals surface area contributed by atoms with Crippen LogP contribution in [0.2, 0.25) is 0 Å². The third kappa shape index (κ3) is 2.59. The van der Waals surface area contributed by atoms with Crippen molar-refractivity contribution >= 4 is 5.78 Å². The van der Waals surface area contributed by atoms with Crippen LogP contribution in [0.25, 0.3) is 0 Å². The number of pyridine rings is 1. The van der Waals surface area contributed by atoms with E-state index in [-0.39, 0.29) is 11.1 Å². The van der Waals surface area contributed by atoms with Crippen LogP contribution >= 0.6 is 0 Å². The molecule has 0 saturated carbocycles. The Kier molecular flexibility index (Phi) is 3.55. The fourth-order valence-corrected chi connectivity index (χ4v) is 1.73. The number of carbonyl (C=O) groups is 1. The van der Waals surface area contributed by atoms with Gasteiger partial charge in [-0.25, -0.2) is 9.37 Å². The van der Waals surface area contributed by atoms with Crippen LogP contribution in [0.4, 0.5) is 8.78 Å². The van der Waals surface area contributed by atoms with E-state index in [2.05, 4.69) is 4.98 Å². The van der Waals surface area contributed by atoms with Crippen LogP contribution in [0.3, 0.4) is 0 Å². The van der Waals surface area contributed by atoms with Gasteiger partial charge in [0.2, 0.25) is 5.95 Å². The van der Waals surface area contributed by atoms with Crippen molar-refractivity contribution in [2.45, 2.75) is 6.92 Å². The van der Waals surface area contributed by atoms with Crippen LogP contribution in [0.15, 0.2) is 30.5 Å². The van der Waals surface area contributed by atoms with Gasteiger partial charge in [0.25, 0.3) is 0 Å². The van der Waals surface area contributed by atoms with E-state index in [0.29, 0.717) is 11.9 Å². The van der Waals surface area contributed by atoms with Crippen LogP contribution in [-0.4, -0.2) is 17.9 Å². The highest BCUT2D eigenvalue weighted by atomic mass is 19.1. The molecule has 1 aromatic heterocycles. The molecule has 1 heterocycles. The van der Waals surface area contributed by atoms with Crippen LogP contribution < -0.4 is 4.74 Å². The molecule has 2 rings (SSSR count). The summed E-state index contributed by atoms with van der Waals surface area (Å²) in [6, 6.07) is 5.72. The third-order valence-electron chi connectivity index (χ3n) is 2.67. The van der Waals surface area contributed by atoms with Crippen LogP contribution in [0.1, 0.15) is 21.5 Å². The number of carbonyl (C=O) groups excluding carboxylic acids is 1. The number of nitrogens with zero attached hydrogens (tertiary/aromatic N) is 1. The lowest BCUT2D eigenvalue weighted by Gasteiger charge is -2.09. The maximum atomic E-state index is 13.6. The smallest absolute Gasteiger partial charge is 0.213 e. The van der Waals surface area contributed by atoms with Gasteiger partial charge in [-0.1, -0.05) is 11.6 Å². The molecule has 0 atom stereocenters. The summed E-state index contributed by atoms with van der Waals surface area (Å²) >= 11 is 0. The first-order valence-electron chi connectivity index (χ1n) is 5.53. The summed E-state index contributed by atoms with van der Waals surface area (Å²) in [6.45, 7) is 1.79. The molecule has 0 N–H and O–H groups in total. The number of aryl methyl sites for hydroxylation is 1. The maximum Gasteiger partial charge on any atom is 0.213 e. The summed E-state index contributed by atoms with van der Waals surface area (Å²) in [5.41, 5.74) is 0.641. The van der Waals surface area contributed by atoms with Gasteiger partial charge in [-0.05, 0) is 19.1 Å². The highest BCUT2D eigenvalue weighted by molar-refractivity contribution is 6.10. The van der Waals surface area contributed by atoms with E-state index in [9.17, 15) is 13.6 Å². The molecule has 1 aromatic carbocycles. The molecular formula is C14H11F2NO2. The molecule has 0 aliphatic rings. The van der Waals surface area contributed by atoms with Crippen molar-refractivity contribution < 1.29 is 18.3 Å². The number of rotatable bonds is 3. The fraction of sp³-hybridized carbons (Fsp3) is 0.143. The van der Waals surface area contributed by atoms with Crippen LogP contribution in [0.5, 0.6) is 5.75 Å². The first-order chi connectivity index (χ1) is 9.02. The van der Waals surface area contributed by atoms with Gasteiger partial charge in [-0.15, -0.1) is 0 Å². The monoisotopic (exact) mass is 263 g/mol. The van der Waals surface area contributed by atoms with E-state index in [0.717, 1.165) is 11.6 Å². The number of methoxy groups -OCH3 is 1. The molecule has 0 radical (unpaired) electrons. The highest BCUT2D eigenvalue weighted by Crippen LogP contribution is 2.24. The Bertz CT molecular complexity index is 641. The zero-order valence-electron chi connectivity index (χ0n) is 10.4. The van der Waals surface area contributed by atoms with Crippen molar-refractivity contribution in [1.82, 2.24) is 4.98 Å². The predicted octanol–water partition coefficient (Wildman–Crippen LogP) is 2.91. The minimum Gasteiger partial charge on any atom is -0.496 e. The summed E-state index contributed by atoms with van der Waals surface area (Å²) in [6.07, 6.45) is 0.685. The van der Waals surface area contributed by atoms with E-state index in [1.165, 1.54) is 7.11 Å². The van der Waals surface area contributed by atoms with Gasteiger partial charge < -0.3 is 4.74 Å². The van der Waals surface area contributed by atoms with Crippen molar-refractivity contribution in [3.63, 3.8) is 0 Å². The Balaban J connectivity index is 2.55. The van der Waals surface area contributed by atoms with Gasteiger partial charge in [0, 0.05) is 6.07 Å². The van der Waals surface area contributed by atoms with Crippen molar-refractivity contribution in [1.29, 1.82) is 0 Å². The van der Waals surface area contributed by atoms with Gasteiger partial charge >= 0.3 is 0 Å². The average Bonchev–Trinajstić information content (AvgIpc) is 2.40. The molecule has 0 bridgehead atoms. The first kappa shape index (κ1) is 13.1. The lowest BCUT2D eigenvalue weighted by atomic mass is 10.0. The number of halogens is 2. The largest absolute Gasteiger partial charge is 0.496 e. The zero-order valence-corrected chi connectivity index (χ0v) is 10.4. The molecule has 98 valence electrons. The van der Waals surface area contributed by atoms with Gasteiger partial charge in [0.1, 0.15) is 5.75 Å². The lowest BCUT2D eigenvalue weighted by molar-refractivity contribution is 0.103. The maximum absolute atomic E-state index is 13.6. The topological polar surface area (TPSA) is 39.2 Å². The molecule has 3 nitrogen and oxygen atoms in total. The van der Waals surface area contributed by atoms with E-state index in [4.69, 9.17) is 4.74 Å². The van der Waals surface area contributed by atoms with E-state index in [1.807, 2.05) is 0 Å². The molecule has 0 aliphatic heterocycles. The third-order valence-corrected chi connectivity index (χ3v) is 2.67. The predicted molar refractivity (Wildman–Crippen MR) is 65.3 cm³/mol. The van der Waals surface area contributed by atoms with E-state index < -0.39 is 17.5 Å². The lowest BCUT2D eigenvalue weighted by Crippen LogP contribution is -2.08. The van der Waals surface area contributed by atoms with E-state index in [1.54, 1.807) is 25.1 Å². The quantitative estimate of drug-likeness (QED) is 0.631. The Labute approximate surface area is 108 Å². The second-order valence-corrected chi connectivity index (χ2v) is 4.02. The highest BCUT2D eigenvalue weighted by Gasteiger charge is 2.19. The van der Waals surface area contributed by atoms with Gasteiger partial charge in [-0.2, -0.15) is 4.39 Å². The van der Waals surface area contributed by atoms with Crippen LogP contribution in [-0.2, 0) is 0 Å². The average molecular weight is 263 g/mol. The Hall–Kier alpha value is -2.30. The molecule has 0 aliphatic carbocycles. The minimum absolute atomic E-state index is 0.187. The van der Waals surface area contributed by atoms with Gasteiger partial charge in [0.15, 0.2) is 11.6 Å². The molecule has 0 amide bonds. The van der Waals surface area contributed by atoms with Gasteiger partial charge in [-0.3, -0.25) is 4.79 Å². The molecule has 0 fully saturated rings. The number of hydrogen-bond donors (Lipinski definition) is 0. The summed E-state index contributed by atoms with van der Waals surface area (Å²) in [7, 11) is 1.41. The second-order valence-electron chi connectivity index (χ2n) is 4.02. The number of benzene rings is 1. The molecule has 0 unspecified atom stereocenters. The normalized spacial score (nSPS) is 10.3. The first-order valence-corrected chi connectivity index (χ1v) is 5.53. The molecule has 5 heteroatoms. The number of ether oxygens (including phenoxy) is 1. The number of aromatic nitrogens is 1. The summed E-state index contributed by atoms with van der Waals surface area (Å²) in [5.74, 6) is -2.10. The molecule has 2 aromatic rings. The van der Waals surface area contributed by atoms with Crippen molar-refractivity contribution in [3.05, 3.63) is 58.9 Å². The Morgan fingerprint density at radius 1 is 1.21 bits per heavy atom. The van der Waals surface area contributed by atoms with Crippen molar-refractivity contribution in [2.75, 3.05) is 7.11 Å². The fourth-order valence-electron chi connectivity index (χ4n) is 1.73. The van der Waals surface area contributed by atoms with Crippen molar-refractivity contribution in [3.8, 4) is 5.75 Å². The summed E-state index contributed by atoms with van der Waals surface area (Å²) in [4.78, 5) is 15.4. The standard InChI is InChI=1S/C14H11F2NO2/c1-8-3-4-12(19-2)10(5-8)14(18)9-6-13(16)17-7-11(9)15/h3-7H,1-2H3. The van der Waals surface area contributed by atoms with Crippen LogP contribution in [0, 0.1) is 18.7 Å². The summed E-state index contributed by atoms with van der Waals surface area (Å²) < 4.78 is 31.6. The van der Waals surface area contributed by atoms with Crippen molar-refractivity contribution in [2.24, 2.45) is 0 Å². The molecule has 0 saturated heterocycles. The van der Waals surface area contributed by atoms with Gasteiger partial charge in [0.05, 0.1) is 24.4 Å². The SMILES string of the molecule is COc1ccc(C)cc1C(=O)c1cc(F)ncc1F. The molecular weight excluding hydrogens is 252 g/mol. The number of hydrogen-bond acceptors (Lipinski definition) is 3. The minimum atomic E-state index is -0.906. The molecule has 19 heavy (non-hydrogen) atoms. The summed E-state index contributed by atoms with van der Waals surface area (Å²) in [5, 5.41) is 0. The Morgan fingerprint density at radius 3 is 2.63 bits per heavy atom. The van der Waals surface area contributed by atoms with E-state index >= 15 is 0 Å². The molecule has 0 spiro atoms. The number of ketones is 1.